The maximum atomic E-state index is 10.4. The predicted molar refractivity (Wildman–Crippen MR) is 26.7 cm³/mol. The Hall–Kier alpha value is -1.43. The highest BCUT2D eigenvalue weighted by Gasteiger charge is 2.19. The van der Waals surface area contributed by atoms with Gasteiger partial charge in [-0.1, -0.05) is 0 Å². The van der Waals surface area contributed by atoms with Crippen LogP contribution in [-0.2, 0) is 4.79 Å². The Labute approximate surface area is 50.1 Å². The van der Waals surface area contributed by atoms with E-state index < -0.39 is 11.9 Å². The lowest BCUT2D eigenvalue weighted by Gasteiger charge is -1.90. The van der Waals surface area contributed by atoms with Crippen LogP contribution in [0.25, 0.3) is 0 Å². The third kappa shape index (κ3) is 0.868. The molecule has 6 nitrogen and oxygen atoms in total. The van der Waals surface area contributed by atoms with E-state index in [1.807, 2.05) is 0 Å². The van der Waals surface area contributed by atoms with E-state index in [9.17, 15) is 4.79 Å². The van der Waals surface area contributed by atoms with Gasteiger partial charge in [-0.05, 0) is 0 Å². The van der Waals surface area contributed by atoms with Crippen LogP contribution in [0.2, 0.25) is 0 Å². The van der Waals surface area contributed by atoms with Crippen molar-refractivity contribution in [1.29, 1.82) is 0 Å². The SMILES string of the molecule is O=C1NNNC1=C(O)O. The van der Waals surface area contributed by atoms with Gasteiger partial charge in [0.25, 0.3) is 5.91 Å². The van der Waals surface area contributed by atoms with Crippen molar-refractivity contribution in [2.45, 2.75) is 0 Å². The molecule has 0 atom stereocenters. The Kier molecular flexibility index (Phi) is 1.16. The number of carbonyl (C=O) groups is 1. The number of nitrogens with one attached hydrogen (secondary N) is 3. The lowest BCUT2D eigenvalue weighted by Crippen LogP contribution is -2.31. The van der Waals surface area contributed by atoms with Gasteiger partial charge in [-0.3, -0.25) is 15.6 Å². The first-order valence-electron chi connectivity index (χ1n) is 2.15. The van der Waals surface area contributed by atoms with Crippen LogP contribution in [0.3, 0.4) is 0 Å². The fourth-order valence-electron chi connectivity index (χ4n) is 0.427. The first-order chi connectivity index (χ1) is 4.22. The summed E-state index contributed by atoms with van der Waals surface area (Å²) in [6.45, 7) is 0. The zero-order valence-corrected chi connectivity index (χ0v) is 4.30. The van der Waals surface area contributed by atoms with Crippen molar-refractivity contribution < 1.29 is 15.0 Å². The predicted octanol–water partition coefficient (Wildman–Crippen LogP) is -1.59. The van der Waals surface area contributed by atoms with Gasteiger partial charge < -0.3 is 10.2 Å². The lowest BCUT2D eigenvalue weighted by molar-refractivity contribution is -0.117. The van der Waals surface area contributed by atoms with Gasteiger partial charge in [-0.2, -0.15) is 0 Å². The molecule has 1 fully saturated rings. The third-order valence-electron chi connectivity index (χ3n) is 0.814. The summed E-state index contributed by atoms with van der Waals surface area (Å²) in [5, 5.41) is 16.6. The molecule has 0 unspecified atom stereocenters. The van der Waals surface area contributed by atoms with Crippen LogP contribution in [0.1, 0.15) is 0 Å². The number of aliphatic hydroxyl groups is 2. The number of hydrazine groups is 2. The molecule has 0 aromatic rings. The summed E-state index contributed by atoms with van der Waals surface area (Å²) in [6.07, 6.45) is 0. The van der Waals surface area contributed by atoms with Gasteiger partial charge in [-0.15, -0.1) is 5.53 Å². The van der Waals surface area contributed by atoms with Gasteiger partial charge in [0, 0.05) is 0 Å². The van der Waals surface area contributed by atoms with Gasteiger partial charge in [0.05, 0.1) is 0 Å². The van der Waals surface area contributed by atoms with E-state index in [0.29, 0.717) is 0 Å². The second-order valence-electron chi connectivity index (χ2n) is 1.40. The van der Waals surface area contributed by atoms with E-state index in [2.05, 4.69) is 16.4 Å². The van der Waals surface area contributed by atoms with Gasteiger partial charge in [0.2, 0.25) is 0 Å². The Morgan fingerprint density at radius 2 is 2.00 bits per heavy atom. The van der Waals surface area contributed by atoms with Crippen molar-refractivity contribution in [2.75, 3.05) is 0 Å². The quantitative estimate of drug-likeness (QED) is 0.202. The molecule has 1 saturated heterocycles. The van der Waals surface area contributed by atoms with E-state index in [1.165, 1.54) is 0 Å². The summed E-state index contributed by atoms with van der Waals surface area (Å²) >= 11 is 0. The largest absolute Gasteiger partial charge is 0.479 e. The zero-order chi connectivity index (χ0) is 6.85. The summed E-state index contributed by atoms with van der Waals surface area (Å²) in [4.78, 5) is 10.4. The molecule has 0 bridgehead atoms. The highest BCUT2D eigenvalue weighted by atomic mass is 16.5. The van der Waals surface area contributed by atoms with Crippen LogP contribution >= 0.6 is 0 Å². The van der Waals surface area contributed by atoms with Gasteiger partial charge >= 0.3 is 5.95 Å². The van der Waals surface area contributed by atoms with Crippen LogP contribution in [-0.4, -0.2) is 16.1 Å². The number of carbonyl (C=O) groups excluding carboxylic acids is 1. The summed E-state index contributed by atoms with van der Waals surface area (Å²) in [7, 11) is 0. The van der Waals surface area contributed by atoms with Crippen LogP contribution in [0.4, 0.5) is 0 Å². The standard InChI is InChI=1S/C3H5N3O3/c7-2-1(3(8)9)4-6-5-2/h4,6,8-9H,(H,5,7). The van der Waals surface area contributed by atoms with E-state index in [-0.39, 0.29) is 5.70 Å². The number of rotatable bonds is 0. The maximum Gasteiger partial charge on any atom is 0.305 e. The molecule has 1 amide bonds. The molecule has 1 aliphatic rings. The molecule has 0 aromatic carbocycles. The van der Waals surface area contributed by atoms with Crippen molar-refractivity contribution in [3.63, 3.8) is 0 Å². The molecule has 0 aromatic heterocycles. The second-order valence-corrected chi connectivity index (χ2v) is 1.40. The molecule has 1 rings (SSSR count). The molecule has 1 heterocycles. The molecule has 0 radical (unpaired) electrons. The molecule has 1 aliphatic heterocycles. The van der Waals surface area contributed by atoms with Crippen molar-refractivity contribution in [2.24, 2.45) is 0 Å². The Balaban J connectivity index is 2.83. The summed E-state index contributed by atoms with van der Waals surface area (Å²) in [5.74, 6) is -1.63. The fraction of sp³-hybridized carbons (Fsp3) is 0. The van der Waals surface area contributed by atoms with Crippen LogP contribution in [0.5, 0.6) is 0 Å². The van der Waals surface area contributed by atoms with Crippen LogP contribution < -0.4 is 16.4 Å². The topological polar surface area (TPSA) is 93.6 Å². The van der Waals surface area contributed by atoms with Gasteiger partial charge in [-0.25, -0.2) is 0 Å². The minimum Gasteiger partial charge on any atom is -0.479 e. The first-order valence-corrected chi connectivity index (χ1v) is 2.15. The molecule has 6 heteroatoms. The van der Waals surface area contributed by atoms with Crippen LogP contribution in [0.15, 0.2) is 11.6 Å². The molecule has 5 N–H and O–H groups in total. The van der Waals surface area contributed by atoms with E-state index >= 15 is 0 Å². The van der Waals surface area contributed by atoms with Crippen molar-refractivity contribution >= 4 is 5.91 Å². The number of amides is 1. The molecule has 0 spiro atoms. The van der Waals surface area contributed by atoms with Crippen LogP contribution in [0, 0.1) is 0 Å². The fourth-order valence-corrected chi connectivity index (χ4v) is 0.427. The summed E-state index contributed by atoms with van der Waals surface area (Å²) in [5.41, 5.74) is 6.14. The normalized spacial score (nSPS) is 16.9. The van der Waals surface area contributed by atoms with Crippen molar-refractivity contribution in [3.05, 3.63) is 11.6 Å². The number of hydrogen-bond donors (Lipinski definition) is 5. The second kappa shape index (κ2) is 1.82. The van der Waals surface area contributed by atoms with E-state index in [4.69, 9.17) is 10.2 Å². The zero-order valence-electron chi connectivity index (χ0n) is 4.30. The average molecular weight is 131 g/mol. The summed E-state index contributed by atoms with van der Waals surface area (Å²) < 4.78 is 0. The molecular formula is C3H5N3O3. The van der Waals surface area contributed by atoms with E-state index in [1.54, 1.807) is 0 Å². The molecule has 50 valence electrons. The van der Waals surface area contributed by atoms with Crippen molar-refractivity contribution in [3.8, 4) is 0 Å². The molecule has 0 aliphatic carbocycles. The minimum atomic E-state index is -1.03. The Bertz CT molecular complexity index is 171. The van der Waals surface area contributed by atoms with Gasteiger partial charge in [0.15, 0.2) is 5.70 Å². The minimum absolute atomic E-state index is 0.282. The maximum absolute atomic E-state index is 10.4. The van der Waals surface area contributed by atoms with Gasteiger partial charge in [0.1, 0.15) is 0 Å². The molecule has 0 saturated carbocycles. The molecule has 9 heavy (non-hydrogen) atoms. The lowest BCUT2D eigenvalue weighted by atomic mass is 10.5. The molecular weight excluding hydrogens is 126 g/mol. The first kappa shape index (κ1) is 5.70. The monoisotopic (exact) mass is 131 g/mol. The van der Waals surface area contributed by atoms with E-state index in [0.717, 1.165) is 0 Å². The Morgan fingerprint density at radius 1 is 1.33 bits per heavy atom. The highest BCUT2D eigenvalue weighted by molar-refractivity contribution is 5.93. The highest BCUT2D eigenvalue weighted by Crippen LogP contribution is 1.94. The average Bonchev–Trinajstić information content (AvgIpc) is 2.13. The third-order valence-corrected chi connectivity index (χ3v) is 0.814. The summed E-state index contributed by atoms with van der Waals surface area (Å²) in [6, 6.07) is 0. The smallest absolute Gasteiger partial charge is 0.305 e. The Morgan fingerprint density at radius 3 is 2.22 bits per heavy atom. The number of aliphatic hydroxyl groups excluding tert-OH is 1. The van der Waals surface area contributed by atoms with Crippen molar-refractivity contribution in [1.82, 2.24) is 16.4 Å². The number of hydrogen-bond acceptors (Lipinski definition) is 5.